The standard InChI is InChI=1S/C23H23NO7/c1-28-17-8-10-19(21(13-17)30-3)23(25,15-6-5-7-16(12-15)24(26)27)20-11-9-18(29-2)14-22(20)31-4/h5-14,25H,1-4H3. The van der Waals surface area contributed by atoms with Gasteiger partial charge in [0.05, 0.1) is 33.4 Å². The minimum atomic E-state index is -1.85. The van der Waals surface area contributed by atoms with Crippen molar-refractivity contribution in [1.29, 1.82) is 0 Å². The Hall–Kier alpha value is -3.78. The van der Waals surface area contributed by atoms with Gasteiger partial charge in [-0.15, -0.1) is 0 Å². The summed E-state index contributed by atoms with van der Waals surface area (Å²) < 4.78 is 21.6. The van der Waals surface area contributed by atoms with Gasteiger partial charge in [0, 0.05) is 35.4 Å². The van der Waals surface area contributed by atoms with Crippen molar-refractivity contribution in [2.75, 3.05) is 28.4 Å². The first-order valence-corrected chi connectivity index (χ1v) is 9.31. The van der Waals surface area contributed by atoms with E-state index in [0.717, 1.165) is 0 Å². The van der Waals surface area contributed by atoms with E-state index in [2.05, 4.69) is 0 Å². The van der Waals surface area contributed by atoms with E-state index >= 15 is 0 Å². The van der Waals surface area contributed by atoms with E-state index < -0.39 is 10.5 Å². The summed E-state index contributed by atoms with van der Waals surface area (Å²) in [5.74, 6) is 1.74. The zero-order valence-electron chi connectivity index (χ0n) is 17.6. The highest BCUT2D eigenvalue weighted by Crippen LogP contribution is 2.46. The van der Waals surface area contributed by atoms with Gasteiger partial charge in [0.15, 0.2) is 0 Å². The maximum absolute atomic E-state index is 12.2. The van der Waals surface area contributed by atoms with Crippen molar-refractivity contribution in [2.24, 2.45) is 0 Å². The lowest BCUT2D eigenvalue weighted by atomic mass is 9.79. The third kappa shape index (κ3) is 3.97. The van der Waals surface area contributed by atoms with E-state index in [1.54, 1.807) is 42.5 Å². The van der Waals surface area contributed by atoms with Gasteiger partial charge in [-0.25, -0.2) is 0 Å². The summed E-state index contributed by atoms with van der Waals surface area (Å²) in [7, 11) is 5.98. The summed E-state index contributed by atoms with van der Waals surface area (Å²) in [4.78, 5) is 10.9. The van der Waals surface area contributed by atoms with Crippen LogP contribution in [0.25, 0.3) is 0 Å². The van der Waals surface area contributed by atoms with Gasteiger partial charge in [0.2, 0.25) is 0 Å². The minimum absolute atomic E-state index is 0.157. The predicted octanol–water partition coefficient (Wildman–Crippen LogP) is 3.91. The van der Waals surface area contributed by atoms with Crippen LogP contribution in [0.2, 0.25) is 0 Å². The largest absolute Gasteiger partial charge is 0.497 e. The van der Waals surface area contributed by atoms with Gasteiger partial charge in [0.1, 0.15) is 28.6 Å². The molecule has 0 bridgehead atoms. The van der Waals surface area contributed by atoms with E-state index in [1.807, 2.05) is 0 Å². The number of benzene rings is 3. The number of rotatable bonds is 8. The van der Waals surface area contributed by atoms with Crippen molar-refractivity contribution in [3.8, 4) is 23.0 Å². The highest BCUT2D eigenvalue weighted by molar-refractivity contribution is 5.60. The zero-order valence-corrected chi connectivity index (χ0v) is 17.6. The molecule has 0 unspecified atom stereocenters. The summed E-state index contributed by atoms with van der Waals surface area (Å²) in [6, 6.07) is 15.7. The van der Waals surface area contributed by atoms with Crippen LogP contribution < -0.4 is 18.9 Å². The van der Waals surface area contributed by atoms with Gasteiger partial charge in [-0.3, -0.25) is 10.1 Å². The van der Waals surface area contributed by atoms with Crippen LogP contribution in [0.4, 0.5) is 5.69 Å². The average molecular weight is 425 g/mol. The average Bonchev–Trinajstić information content (AvgIpc) is 2.82. The van der Waals surface area contributed by atoms with E-state index in [0.29, 0.717) is 34.1 Å². The highest BCUT2D eigenvalue weighted by atomic mass is 16.6. The van der Waals surface area contributed by atoms with Gasteiger partial charge in [-0.2, -0.15) is 0 Å². The van der Waals surface area contributed by atoms with Crippen LogP contribution >= 0.6 is 0 Å². The Labute approximate surface area is 179 Å². The molecule has 0 spiro atoms. The van der Waals surface area contributed by atoms with Crippen LogP contribution in [0.15, 0.2) is 60.7 Å². The molecule has 3 aromatic carbocycles. The quantitative estimate of drug-likeness (QED) is 0.332. The molecular formula is C23H23NO7. The molecule has 8 nitrogen and oxygen atoms in total. The molecular weight excluding hydrogens is 402 g/mol. The number of nitrogens with zero attached hydrogens (tertiary/aromatic N) is 1. The summed E-state index contributed by atoms with van der Waals surface area (Å²) in [5, 5.41) is 23.6. The third-order valence-corrected chi connectivity index (χ3v) is 5.07. The molecule has 8 heteroatoms. The molecule has 0 amide bonds. The smallest absolute Gasteiger partial charge is 0.269 e. The van der Waals surface area contributed by atoms with Gasteiger partial charge >= 0.3 is 0 Å². The molecule has 31 heavy (non-hydrogen) atoms. The molecule has 1 N–H and O–H groups in total. The lowest BCUT2D eigenvalue weighted by molar-refractivity contribution is -0.385. The number of nitro benzene ring substituents is 1. The molecule has 3 rings (SSSR count). The zero-order chi connectivity index (χ0) is 22.6. The fourth-order valence-corrected chi connectivity index (χ4v) is 3.50. The SMILES string of the molecule is COc1ccc(C(O)(c2cccc([N+](=O)[O-])c2)c2ccc(OC)cc2OC)c(OC)c1. The molecule has 0 atom stereocenters. The summed E-state index contributed by atoms with van der Waals surface area (Å²) in [6.45, 7) is 0. The number of hydrogen-bond donors (Lipinski definition) is 1. The van der Waals surface area contributed by atoms with Crippen molar-refractivity contribution in [3.63, 3.8) is 0 Å². The maximum atomic E-state index is 12.2. The number of methoxy groups -OCH3 is 4. The highest BCUT2D eigenvalue weighted by Gasteiger charge is 2.40. The Kier molecular flexibility index (Phi) is 6.31. The van der Waals surface area contributed by atoms with E-state index in [-0.39, 0.29) is 11.3 Å². The lowest BCUT2D eigenvalue weighted by Crippen LogP contribution is -2.30. The van der Waals surface area contributed by atoms with Gasteiger partial charge < -0.3 is 24.1 Å². The Bertz CT molecular complexity index is 1040. The van der Waals surface area contributed by atoms with Crippen molar-refractivity contribution in [2.45, 2.75) is 5.60 Å². The van der Waals surface area contributed by atoms with E-state index in [9.17, 15) is 15.2 Å². The van der Waals surface area contributed by atoms with E-state index in [4.69, 9.17) is 18.9 Å². The molecule has 162 valence electrons. The fourth-order valence-electron chi connectivity index (χ4n) is 3.50. The number of aliphatic hydroxyl groups is 1. The molecule has 0 heterocycles. The topological polar surface area (TPSA) is 100 Å². The second-order valence-corrected chi connectivity index (χ2v) is 6.65. The van der Waals surface area contributed by atoms with Crippen LogP contribution in [0.3, 0.4) is 0 Å². The van der Waals surface area contributed by atoms with Crippen molar-refractivity contribution in [1.82, 2.24) is 0 Å². The van der Waals surface area contributed by atoms with E-state index in [1.165, 1.54) is 46.6 Å². The van der Waals surface area contributed by atoms with Crippen LogP contribution in [0.5, 0.6) is 23.0 Å². The first-order chi connectivity index (χ1) is 14.9. The maximum Gasteiger partial charge on any atom is 0.269 e. The van der Waals surface area contributed by atoms with Gasteiger partial charge in [-0.1, -0.05) is 12.1 Å². The Morgan fingerprint density at radius 1 is 0.774 bits per heavy atom. The number of nitro groups is 1. The Balaban J connectivity index is 2.38. The third-order valence-electron chi connectivity index (χ3n) is 5.07. The first kappa shape index (κ1) is 21.9. The number of ether oxygens (including phenoxy) is 4. The molecule has 0 aliphatic rings. The first-order valence-electron chi connectivity index (χ1n) is 9.31. The van der Waals surface area contributed by atoms with Crippen LogP contribution in [0, 0.1) is 10.1 Å². The van der Waals surface area contributed by atoms with Crippen molar-refractivity contribution in [3.05, 3.63) is 87.5 Å². The molecule has 0 radical (unpaired) electrons. The molecule has 0 fully saturated rings. The summed E-state index contributed by atoms with van der Waals surface area (Å²) in [5.41, 5.74) is -1.01. The van der Waals surface area contributed by atoms with Crippen molar-refractivity contribution < 1.29 is 29.0 Å². The second kappa shape index (κ2) is 8.93. The molecule has 0 aromatic heterocycles. The Morgan fingerprint density at radius 3 is 1.71 bits per heavy atom. The molecule has 0 saturated carbocycles. The fraction of sp³-hybridized carbons (Fsp3) is 0.217. The monoisotopic (exact) mass is 425 g/mol. The van der Waals surface area contributed by atoms with Crippen LogP contribution in [-0.4, -0.2) is 38.5 Å². The molecule has 0 saturated heterocycles. The lowest BCUT2D eigenvalue weighted by Gasteiger charge is -2.32. The summed E-state index contributed by atoms with van der Waals surface area (Å²) in [6.07, 6.45) is 0. The normalized spacial score (nSPS) is 11.0. The minimum Gasteiger partial charge on any atom is -0.497 e. The number of non-ortho nitro benzene ring substituents is 1. The molecule has 0 aliphatic carbocycles. The molecule has 0 aliphatic heterocycles. The van der Waals surface area contributed by atoms with Crippen LogP contribution in [0.1, 0.15) is 16.7 Å². The predicted molar refractivity (Wildman–Crippen MR) is 114 cm³/mol. The van der Waals surface area contributed by atoms with Crippen LogP contribution in [-0.2, 0) is 5.60 Å². The van der Waals surface area contributed by atoms with Gasteiger partial charge in [-0.05, 0) is 29.8 Å². The molecule has 3 aromatic rings. The Morgan fingerprint density at radius 2 is 1.29 bits per heavy atom. The van der Waals surface area contributed by atoms with Crippen molar-refractivity contribution >= 4 is 5.69 Å². The van der Waals surface area contributed by atoms with Gasteiger partial charge in [0.25, 0.3) is 5.69 Å². The second-order valence-electron chi connectivity index (χ2n) is 6.65. The number of hydrogen-bond acceptors (Lipinski definition) is 7. The summed E-state index contributed by atoms with van der Waals surface area (Å²) >= 11 is 0.